The van der Waals surface area contributed by atoms with Crippen molar-refractivity contribution in [1.82, 2.24) is 20.9 Å². The molecule has 3 rings (SSSR count). The van der Waals surface area contributed by atoms with Crippen molar-refractivity contribution in [2.24, 2.45) is 0 Å². The highest BCUT2D eigenvalue weighted by Crippen LogP contribution is 2.35. The monoisotopic (exact) mass is 523 g/mol. The number of urea groups is 1. The van der Waals surface area contributed by atoms with Gasteiger partial charge >= 0.3 is 29.8 Å². The summed E-state index contributed by atoms with van der Waals surface area (Å²) in [4.78, 5) is 76.6. The Morgan fingerprint density at radius 2 is 1.55 bits per heavy atom. The molecular formula is C26H27N4O8. The van der Waals surface area contributed by atoms with Crippen molar-refractivity contribution < 1.29 is 38.2 Å². The first-order valence-electron chi connectivity index (χ1n) is 11.7. The molecule has 0 bridgehead atoms. The fourth-order valence-electron chi connectivity index (χ4n) is 4.06. The molecule has 0 aromatic heterocycles. The van der Waals surface area contributed by atoms with Gasteiger partial charge in [0, 0.05) is 39.9 Å². The van der Waals surface area contributed by atoms with Crippen LogP contribution >= 0.6 is 0 Å². The van der Waals surface area contributed by atoms with Crippen molar-refractivity contribution in [3.05, 3.63) is 59.7 Å². The minimum atomic E-state index is -2.08. The van der Waals surface area contributed by atoms with E-state index < -0.39 is 41.2 Å². The molecule has 2 aromatic carbocycles. The van der Waals surface area contributed by atoms with Crippen molar-refractivity contribution in [2.75, 3.05) is 19.6 Å². The first-order chi connectivity index (χ1) is 18.0. The molecule has 1 aliphatic heterocycles. The van der Waals surface area contributed by atoms with E-state index in [1.54, 1.807) is 37.3 Å². The van der Waals surface area contributed by atoms with Crippen molar-refractivity contribution in [3.8, 4) is 11.5 Å². The molecule has 0 spiro atoms. The highest BCUT2D eigenvalue weighted by molar-refractivity contribution is 6.38. The predicted molar refractivity (Wildman–Crippen MR) is 131 cm³/mol. The van der Waals surface area contributed by atoms with Crippen molar-refractivity contribution >= 4 is 35.7 Å². The number of hydrogen-bond acceptors (Lipinski definition) is 8. The summed E-state index contributed by atoms with van der Waals surface area (Å²) in [5.41, 5.74) is 6.69. The Morgan fingerprint density at radius 1 is 0.921 bits per heavy atom. The second-order valence-electron chi connectivity index (χ2n) is 8.52. The zero-order valence-electron chi connectivity index (χ0n) is 21.1. The molecule has 2 N–H and O–H groups in total. The molecule has 38 heavy (non-hydrogen) atoms. The Kier molecular flexibility index (Phi) is 8.46. The number of likely N-dealkylation sites (N-methyl/N-ethyl adjacent to an activating group) is 1. The molecule has 12 nitrogen and oxygen atoms in total. The van der Waals surface area contributed by atoms with Gasteiger partial charge in [-0.2, -0.15) is 0 Å². The third-order valence-electron chi connectivity index (χ3n) is 5.90. The normalized spacial score (nSPS) is 14.9. The second-order valence-corrected chi connectivity index (χ2v) is 8.52. The van der Waals surface area contributed by atoms with Crippen LogP contribution in [0.2, 0.25) is 0 Å². The summed E-state index contributed by atoms with van der Waals surface area (Å²) in [6, 6.07) is 11.3. The number of benzene rings is 2. The van der Waals surface area contributed by atoms with Gasteiger partial charge in [0.05, 0.1) is 0 Å². The number of rotatable bonds is 8. The third-order valence-corrected chi connectivity index (χ3v) is 5.90. The van der Waals surface area contributed by atoms with E-state index in [0.29, 0.717) is 10.5 Å². The van der Waals surface area contributed by atoms with Gasteiger partial charge in [-0.3, -0.25) is 34.6 Å². The number of esters is 2. The first-order valence-corrected chi connectivity index (χ1v) is 11.7. The summed E-state index contributed by atoms with van der Waals surface area (Å²) in [7, 11) is 0. The lowest BCUT2D eigenvalue weighted by Crippen LogP contribution is -2.63. The standard InChI is InChI=1S/C26H27N4O8/c1-4-29-12-13-30(23(34)22(29)33)25(36)28-26(24(27)35,15-18-8-6-5-7-9-18)19-10-11-20(37-16(2)31)21(14-19)38-17(3)32/h5-11,14,27H,4,12-13,15H2,1-3H3,(H,28,36). The first kappa shape index (κ1) is 27.8. The average molecular weight is 524 g/mol. The third kappa shape index (κ3) is 5.97. The molecule has 12 heteroatoms. The Bertz CT molecular complexity index is 1280. The molecule has 199 valence electrons. The number of ether oxygens (including phenoxy) is 2. The van der Waals surface area contributed by atoms with Gasteiger partial charge in [0.1, 0.15) is 0 Å². The van der Waals surface area contributed by atoms with E-state index in [-0.39, 0.29) is 43.1 Å². The highest BCUT2D eigenvalue weighted by Gasteiger charge is 2.45. The largest absolute Gasteiger partial charge is 0.423 e. The van der Waals surface area contributed by atoms with Gasteiger partial charge in [0.15, 0.2) is 17.0 Å². The summed E-state index contributed by atoms with van der Waals surface area (Å²) in [5.74, 6) is -4.94. The number of nitrogens with one attached hydrogen (secondary N) is 2. The second kappa shape index (κ2) is 11.5. The van der Waals surface area contributed by atoms with Crippen molar-refractivity contribution in [3.63, 3.8) is 0 Å². The topological polar surface area (TPSA) is 163 Å². The van der Waals surface area contributed by atoms with Gasteiger partial charge in [0.25, 0.3) is 5.91 Å². The zero-order chi connectivity index (χ0) is 28.0. The smallest absolute Gasteiger partial charge is 0.325 e. The summed E-state index contributed by atoms with van der Waals surface area (Å²) in [5, 5.41) is 2.50. The number of carbonyl (C=O) groups is 6. The average Bonchev–Trinajstić information content (AvgIpc) is 2.86. The quantitative estimate of drug-likeness (QED) is 0.306. The van der Waals surface area contributed by atoms with Gasteiger partial charge in [0.2, 0.25) is 0 Å². The van der Waals surface area contributed by atoms with Crippen LogP contribution in [-0.2, 0) is 35.9 Å². The van der Waals surface area contributed by atoms with E-state index in [2.05, 4.69) is 5.32 Å². The molecule has 5 amide bonds. The molecule has 1 fully saturated rings. The molecule has 1 radical (unpaired) electrons. The maximum absolute atomic E-state index is 13.3. The maximum atomic E-state index is 13.3. The van der Waals surface area contributed by atoms with Crippen LogP contribution in [-0.4, -0.2) is 65.1 Å². The molecule has 1 unspecified atom stereocenters. The highest BCUT2D eigenvalue weighted by atomic mass is 16.6. The number of amides is 5. The Hall–Kier alpha value is -4.74. The van der Waals surface area contributed by atoms with Crippen LogP contribution in [0.1, 0.15) is 31.9 Å². The molecule has 1 atom stereocenters. The lowest BCUT2D eigenvalue weighted by Gasteiger charge is -2.37. The molecule has 1 saturated heterocycles. The van der Waals surface area contributed by atoms with Gasteiger partial charge in [-0.15, -0.1) is 0 Å². The van der Waals surface area contributed by atoms with Crippen molar-refractivity contribution in [1.29, 1.82) is 0 Å². The van der Waals surface area contributed by atoms with Crippen LogP contribution < -0.4 is 20.5 Å². The Morgan fingerprint density at radius 3 is 2.13 bits per heavy atom. The lowest BCUT2D eigenvalue weighted by molar-refractivity contribution is -0.153. The summed E-state index contributed by atoms with van der Waals surface area (Å²) in [6.45, 7) is 4.26. The number of carbonyl (C=O) groups excluding carboxylic acids is 6. The van der Waals surface area contributed by atoms with Crippen molar-refractivity contribution in [2.45, 2.75) is 32.7 Å². The van der Waals surface area contributed by atoms with E-state index >= 15 is 0 Å². The van der Waals surface area contributed by atoms with Crippen LogP contribution in [0.3, 0.4) is 0 Å². The van der Waals surface area contributed by atoms with E-state index in [9.17, 15) is 28.8 Å². The van der Waals surface area contributed by atoms with Crippen LogP contribution in [0.5, 0.6) is 11.5 Å². The van der Waals surface area contributed by atoms with E-state index in [4.69, 9.17) is 15.2 Å². The number of nitrogens with zero attached hydrogens (tertiary/aromatic N) is 2. The van der Waals surface area contributed by atoms with Gasteiger partial charge < -0.3 is 19.7 Å². The molecule has 0 aliphatic carbocycles. The van der Waals surface area contributed by atoms with Gasteiger partial charge in [-0.1, -0.05) is 36.4 Å². The molecular weight excluding hydrogens is 496 g/mol. The van der Waals surface area contributed by atoms with E-state index in [1.807, 2.05) is 0 Å². The SMILES string of the molecule is CCN1CCN(C(=O)NC(Cc2ccccc2)(C([NH])=O)c2ccc(OC(C)=O)c(OC(C)=O)c2)C(=O)C1=O. The molecule has 2 aromatic rings. The minimum absolute atomic E-state index is 0.0211. The molecule has 0 saturated carbocycles. The molecule has 1 aliphatic rings. The summed E-state index contributed by atoms with van der Waals surface area (Å²) >= 11 is 0. The fourth-order valence-corrected chi connectivity index (χ4v) is 4.06. The number of piperazine rings is 1. The summed E-state index contributed by atoms with van der Waals surface area (Å²) in [6.07, 6.45) is -0.217. The maximum Gasteiger partial charge on any atom is 0.325 e. The summed E-state index contributed by atoms with van der Waals surface area (Å²) < 4.78 is 10.3. The van der Waals surface area contributed by atoms with E-state index in [1.165, 1.54) is 23.1 Å². The predicted octanol–water partition coefficient (Wildman–Crippen LogP) is 1.18. The van der Waals surface area contributed by atoms with Crippen LogP contribution in [0.25, 0.3) is 0 Å². The Balaban J connectivity index is 2.11. The van der Waals surface area contributed by atoms with Crippen LogP contribution in [0.15, 0.2) is 48.5 Å². The Labute approximate surface area is 218 Å². The van der Waals surface area contributed by atoms with Gasteiger partial charge in [-0.05, 0) is 30.2 Å². The van der Waals surface area contributed by atoms with Crippen LogP contribution in [0, 0.1) is 0 Å². The molecule has 1 heterocycles. The van der Waals surface area contributed by atoms with Crippen LogP contribution in [0.4, 0.5) is 4.79 Å². The zero-order valence-corrected chi connectivity index (χ0v) is 21.1. The lowest BCUT2D eigenvalue weighted by atomic mass is 9.82. The fraction of sp³-hybridized carbons (Fsp3) is 0.308. The van der Waals surface area contributed by atoms with E-state index in [0.717, 1.165) is 13.8 Å². The number of hydrogen-bond donors (Lipinski definition) is 1. The van der Waals surface area contributed by atoms with Gasteiger partial charge in [-0.25, -0.2) is 4.79 Å². The minimum Gasteiger partial charge on any atom is -0.423 e. The number of imide groups is 1.